The summed E-state index contributed by atoms with van der Waals surface area (Å²) in [6.45, 7) is 2.70. The van der Waals surface area contributed by atoms with Gasteiger partial charge in [-0.3, -0.25) is 10.1 Å². The molecule has 0 aromatic heterocycles. The molecule has 1 aromatic rings. The van der Waals surface area contributed by atoms with Crippen molar-refractivity contribution in [3.05, 3.63) is 39.7 Å². The highest BCUT2D eigenvalue weighted by Gasteiger charge is 2.21. The third-order valence-electron chi connectivity index (χ3n) is 3.94. The molecule has 1 aliphatic carbocycles. The molecule has 0 radical (unpaired) electrons. The molecule has 1 fully saturated rings. The van der Waals surface area contributed by atoms with Gasteiger partial charge < -0.3 is 5.32 Å². The van der Waals surface area contributed by atoms with E-state index in [0.29, 0.717) is 18.5 Å². The molecule has 4 nitrogen and oxygen atoms in total. The zero-order valence-corrected chi connectivity index (χ0v) is 11.1. The average Bonchev–Trinajstić information content (AvgIpc) is 2.89. The first kappa shape index (κ1) is 13.9. The highest BCUT2D eigenvalue weighted by molar-refractivity contribution is 5.34. The van der Waals surface area contributed by atoms with E-state index >= 15 is 0 Å². The lowest BCUT2D eigenvalue weighted by molar-refractivity contribution is -0.387. The van der Waals surface area contributed by atoms with E-state index in [0.717, 1.165) is 5.56 Å². The zero-order chi connectivity index (χ0) is 13.8. The summed E-state index contributed by atoms with van der Waals surface area (Å²) in [6, 6.07) is 4.48. The van der Waals surface area contributed by atoms with Crippen LogP contribution >= 0.6 is 0 Å². The minimum absolute atomic E-state index is 0.403. The normalized spacial score (nSPS) is 17.6. The van der Waals surface area contributed by atoms with Crippen LogP contribution in [0.15, 0.2) is 18.2 Å². The molecule has 0 spiro atoms. The van der Waals surface area contributed by atoms with Gasteiger partial charge in [-0.05, 0) is 37.3 Å². The Balaban J connectivity index is 1.92. The number of halogens is 1. The van der Waals surface area contributed by atoms with E-state index in [9.17, 15) is 14.5 Å². The maximum Gasteiger partial charge on any atom is 0.304 e. The minimum Gasteiger partial charge on any atom is -0.310 e. The van der Waals surface area contributed by atoms with Gasteiger partial charge in [0.15, 0.2) is 0 Å². The van der Waals surface area contributed by atoms with Gasteiger partial charge in [0.1, 0.15) is 0 Å². The van der Waals surface area contributed by atoms with Crippen LogP contribution in [0.5, 0.6) is 0 Å². The summed E-state index contributed by atoms with van der Waals surface area (Å²) in [4.78, 5) is 9.82. The fourth-order valence-corrected chi connectivity index (χ4v) is 2.71. The van der Waals surface area contributed by atoms with Gasteiger partial charge in [-0.15, -0.1) is 0 Å². The van der Waals surface area contributed by atoms with Crippen molar-refractivity contribution >= 4 is 5.69 Å². The lowest BCUT2D eigenvalue weighted by Crippen LogP contribution is -2.31. The third kappa shape index (κ3) is 3.50. The summed E-state index contributed by atoms with van der Waals surface area (Å²) in [5.74, 6) is -0.0688. The molecule has 0 aliphatic heterocycles. The van der Waals surface area contributed by atoms with Gasteiger partial charge >= 0.3 is 5.69 Å². The summed E-state index contributed by atoms with van der Waals surface area (Å²) < 4.78 is 13.5. The highest BCUT2D eigenvalue weighted by Crippen LogP contribution is 2.27. The molecule has 0 heterocycles. The summed E-state index contributed by atoms with van der Waals surface area (Å²) in [5, 5.41) is 13.9. The maximum absolute atomic E-state index is 13.5. The molecular formula is C14H19FN2O2. The maximum atomic E-state index is 13.5. The van der Waals surface area contributed by atoms with Crippen LogP contribution < -0.4 is 5.32 Å². The second kappa shape index (κ2) is 6.10. The number of hydrogen-bond donors (Lipinski definition) is 1. The third-order valence-corrected chi connectivity index (χ3v) is 3.94. The van der Waals surface area contributed by atoms with Crippen molar-refractivity contribution in [2.75, 3.05) is 0 Å². The molecule has 2 rings (SSSR count). The molecule has 0 saturated heterocycles. The van der Waals surface area contributed by atoms with Crippen LogP contribution in [0.2, 0.25) is 0 Å². The second-order valence-electron chi connectivity index (χ2n) is 5.26. The van der Waals surface area contributed by atoms with Gasteiger partial charge in [0.25, 0.3) is 0 Å². The molecule has 1 N–H and O–H groups in total. The van der Waals surface area contributed by atoms with E-state index < -0.39 is 16.4 Å². The lowest BCUT2D eigenvalue weighted by Gasteiger charge is -2.20. The van der Waals surface area contributed by atoms with Gasteiger partial charge in [0, 0.05) is 18.7 Å². The molecule has 1 aromatic carbocycles. The number of nitro groups is 1. The van der Waals surface area contributed by atoms with E-state index in [-0.39, 0.29) is 0 Å². The van der Waals surface area contributed by atoms with Crippen molar-refractivity contribution in [3.8, 4) is 0 Å². The number of hydrogen-bond acceptors (Lipinski definition) is 3. The minimum atomic E-state index is -0.766. The Morgan fingerprint density at radius 1 is 1.47 bits per heavy atom. The van der Waals surface area contributed by atoms with Gasteiger partial charge in [-0.2, -0.15) is 4.39 Å². The van der Waals surface area contributed by atoms with E-state index in [2.05, 4.69) is 12.2 Å². The standard InChI is InChI=1S/C14H19FN2O2/c1-10(12-4-2-3-5-12)16-9-11-6-7-14(17(18)19)13(15)8-11/h6-8,10,12,16H,2-5,9H2,1H3. The number of nitrogens with one attached hydrogen (secondary N) is 1. The SMILES string of the molecule is CC(NCc1ccc([N+](=O)[O-])c(F)c1)C1CCCC1. The summed E-state index contributed by atoms with van der Waals surface area (Å²) in [6.07, 6.45) is 5.09. The number of nitrogens with zero attached hydrogens (tertiary/aromatic N) is 1. The first-order valence-electron chi connectivity index (χ1n) is 6.74. The van der Waals surface area contributed by atoms with Crippen molar-refractivity contribution in [2.45, 2.75) is 45.2 Å². The Labute approximate surface area is 112 Å². The van der Waals surface area contributed by atoms with Crippen molar-refractivity contribution in [3.63, 3.8) is 0 Å². The molecule has 1 aliphatic rings. The Kier molecular flexibility index (Phi) is 4.47. The number of rotatable bonds is 5. The largest absolute Gasteiger partial charge is 0.310 e. The molecule has 5 heteroatoms. The van der Waals surface area contributed by atoms with Crippen molar-refractivity contribution in [1.82, 2.24) is 5.32 Å². The van der Waals surface area contributed by atoms with Crippen LogP contribution in [0, 0.1) is 21.8 Å². The average molecular weight is 266 g/mol. The highest BCUT2D eigenvalue weighted by atomic mass is 19.1. The van der Waals surface area contributed by atoms with E-state index in [4.69, 9.17) is 0 Å². The van der Waals surface area contributed by atoms with Crippen molar-refractivity contribution in [2.24, 2.45) is 5.92 Å². The van der Waals surface area contributed by atoms with Gasteiger partial charge in [-0.1, -0.05) is 18.9 Å². The predicted octanol–water partition coefficient (Wildman–Crippen LogP) is 3.40. The Bertz CT molecular complexity index is 459. The van der Waals surface area contributed by atoms with Crippen molar-refractivity contribution < 1.29 is 9.31 Å². The van der Waals surface area contributed by atoms with Gasteiger partial charge in [0.2, 0.25) is 5.82 Å². The fraction of sp³-hybridized carbons (Fsp3) is 0.571. The second-order valence-corrected chi connectivity index (χ2v) is 5.26. The predicted molar refractivity (Wildman–Crippen MR) is 71.3 cm³/mol. The molecule has 1 saturated carbocycles. The van der Waals surface area contributed by atoms with E-state index in [1.54, 1.807) is 6.07 Å². The summed E-state index contributed by atoms with van der Waals surface area (Å²) >= 11 is 0. The van der Waals surface area contributed by atoms with Crippen LogP contribution in [0.25, 0.3) is 0 Å². The molecule has 1 unspecified atom stereocenters. The van der Waals surface area contributed by atoms with Crippen LogP contribution in [-0.4, -0.2) is 11.0 Å². The monoisotopic (exact) mass is 266 g/mol. The van der Waals surface area contributed by atoms with Crippen LogP contribution in [0.1, 0.15) is 38.2 Å². The summed E-state index contributed by atoms with van der Waals surface area (Å²) in [5.41, 5.74) is 0.278. The zero-order valence-electron chi connectivity index (χ0n) is 11.1. The fourth-order valence-electron chi connectivity index (χ4n) is 2.71. The Hall–Kier alpha value is -1.49. The lowest BCUT2D eigenvalue weighted by atomic mass is 9.99. The Morgan fingerprint density at radius 2 is 2.16 bits per heavy atom. The number of nitro benzene ring substituents is 1. The molecule has 0 bridgehead atoms. The topological polar surface area (TPSA) is 55.2 Å². The van der Waals surface area contributed by atoms with Crippen LogP contribution in [0.3, 0.4) is 0 Å². The first-order chi connectivity index (χ1) is 9.08. The van der Waals surface area contributed by atoms with Crippen molar-refractivity contribution in [1.29, 1.82) is 0 Å². The quantitative estimate of drug-likeness (QED) is 0.656. The number of benzene rings is 1. The molecule has 0 amide bonds. The Morgan fingerprint density at radius 3 is 2.74 bits per heavy atom. The van der Waals surface area contributed by atoms with E-state index in [1.807, 2.05) is 0 Å². The molecule has 19 heavy (non-hydrogen) atoms. The van der Waals surface area contributed by atoms with Gasteiger partial charge in [0.05, 0.1) is 4.92 Å². The smallest absolute Gasteiger partial charge is 0.304 e. The van der Waals surface area contributed by atoms with E-state index in [1.165, 1.54) is 37.8 Å². The van der Waals surface area contributed by atoms with Crippen LogP contribution in [0.4, 0.5) is 10.1 Å². The molecular weight excluding hydrogens is 247 g/mol. The molecule has 1 atom stereocenters. The first-order valence-corrected chi connectivity index (χ1v) is 6.74. The molecule has 104 valence electrons. The summed E-state index contributed by atoms with van der Waals surface area (Å²) in [7, 11) is 0. The van der Waals surface area contributed by atoms with Crippen LogP contribution in [-0.2, 0) is 6.54 Å². The van der Waals surface area contributed by atoms with Gasteiger partial charge in [-0.25, -0.2) is 0 Å².